The Bertz CT molecular complexity index is 1470. The summed E-state index contributed by atoms with van der Waals surface area (Å²) in [5.74, 6) is -2.04. The van der Waals surface area contributed by atoms with Crippen LogP contribution in [0.2, 0.25) is 0 Å². The van der Waals surface area contributed by atoms with Gasteiger partial charge in [-0.2, -0.15) is 0 Å². The van der Waals surface area contributed by atoms with Crippen LogP contribution >= 0.6 is 0 Å². The van der Waals surface area contributed by atoms with Crippen molar-refractivity contribution < 1.29 is 33.4 Å². The number of Topliss-reactive ketones (excluding diaryl/α,β-unsaturated/α-hetero) is 3. The lowest BCUT2D eigenvalue weighted by Gasteiger charge is -2.28. The van der Waals surface area contributed by atoms with E-state index in [4.69, 9.17) is 9.47 Å². The maximum absolute atomic E-state index is 14.2. The van der Waals surface area contributed by atoms with Crippen LogP contribution in [0.3, 0.4) is 0 Å². The summed E-state index contributed by atoms with van der Waals surface area (Å²) in [5.41, 5.74) is 1.08. The molecule has 10 heteroatoms. The molecule has 5 atom stereocenters. The van der Waals surface area contributed by atoms with Gasteiger partial charge in [0.25, 0.3) is 0 Å². The monoisotopic (exact) mass is 717 g/mol. The number of hydrogen-bond acceptors (Lipinski definition) is 8. The van der Waals surface area contributed by atoms with E-state index in [2.05, 4.69) is 10.6 Å². The second kappa shape index (κ2) is 19.9. The predicted molar refractivity (Wildman–Crippen MR) is 201 cm³/mol. The number of amides is 2. The molecule has 0 aliphatic carbocycles. The predicted octanol–water partition coefficient (Wildman–Crippen LogP) is 4.76. The second-order valence-corrected chi connectivity index (χ2v) is 15.7. The van der Waals surface area contributed by atoms with E-state index in [1.807, 2.05) is 93.3 Å². The Hall–Kier alpha value is -3.73. The molecule has 10 nitrogen and oxygen atoms in total. The van der Waals surface area contributed by atoms with Crippen LogP contribution in [0.15, 0.2) is 60.7 Å². The van der Waals surface area contributed by atoms with E-state index >= 15 is 0 Å². The number of carbonyl (C=O) groups is 5. The van der Waals surface area contributed by atoms with E-state index in [9.17, 15) is 24.0 Å². The average Bonchev–Trinajstić information content (AvgIpc) is 3.87. The zero-order valence-electron chi connectivity index (χ0n) is 31.7. The Balaban J connectivity index is 1.51. The Kier molecular flexibility index (Phi) is 15.7. The molecule has 2 saturated heterocycles. The summed E-state index contributed by atoms with van der Waals surface area (Å²) in [6, 6.07) is 17.7. The molecule has 2 aromatic carbocycles. The number of benzene rings is 2. The lowest BCUT2D eigenvalue weighted by atomic mass is 9.82. The molecule has 2 aliphatic rings. The van der Waals surface area contributed by atoms with Gasteiger partial charge < -0.3 is 20.1 Å². The Morgan fingerprint density at radius 2 is 1.29 bits per heavy atom. The highest BCUT2D eigenvalue weighted by molar-refractivity contribution is 5.98. The number of aryl methyl sites for hydroxylation is 1. The summed E-state index contributed by atoms with van der Waals surface area (Å²) >= 11 is 0. The van der Waals surface area contributed by atoms with E-state index in [0.29, 0.717) is 58.6 Å². The van der Waals surface area contributed by atoms with Crippen molar-refractivity contribution in [2.24, 2.45) is 23.7 Å². The van der Waals surface area contributed by atoms with E-state index < -0.39 is 29.5 Å². The van der Waals surface area contributed by atoms with Gasteiger partial charge in [-0.15, -0.1) is 0 Å². The standard InChI is InChI=1S/C42H59N3O7/c1-29(2)22-33(40(49)42(5)28-52-42)25-38(47)36(24-32-14-10-7-11-15-32)44-41(50)34(23-30(3)4)26-37(46)35(17-16-31-12-8-6-9-13-31)43-39(48)27-45-18-20-51-21-19-45/h6-15,29-30,33-36H,16-28H2,1-5H3,(H,43,48)(H,44,50)/t33-,34-,35+,36+,42?/m1/s1. The highest BCUT2D eigenvalue weighted by Crippen LogP contribution is 2.34. The Labute approximate surface area is 309 Å². The van der Waals surface area contributed by atoms with Crippen LogP contribution < -0.4 is 10.6 Å². The summed E-state index contributed by atoms with van der Waals surface area (Å²) in [6.07, 6.45) is 2.15. The number of ketones is 3. The number of epoxide rings is 1. The minimum absolute atomic E-state index is 0.00173. The fourth-order valence-electron chi connectivity index (χ4n) is 7.01. The van der Waals surface area contributed by atoms with E-state index in [1.165, 1.54) is 0 Å². The number of morpholine rings is 1. The number of nitrogens with one attached hydrogen (secondary N) is 2. The van der Waals surface area contributed by atoms with Gasteiger partial charge in [0.2, 0.25) is 11.8 Å². The third kappa shape index (κ3) is 13.4. The molecule has 0 aromatic heterocycles. The first kappa shape index (κ1) is 41.0. The molecule has 4 rings (SSSR count). The van der Waals surface area contributed by atoms with Gasteiger partial charge in [-0.25, -0.2) is 0 Å². The van der Waals surface area contributed by atoms with Crippen molar-refractivity contribution in [1.82, 2.24) is 15.5 Å². The zero-order chi connectivity index (χ0) is 37.7. The molecule has 2 amide bonds. The molecule has 2 heterocycles. The van der Waals surface area contributed by atoms with E-state index in [1.54, 1.807) is 6.92 Å². The van der Waals surface area contributed by atoms with Crippen LogP contribution in [0, 0.1) is 23.7 Å². The number of nitrogens with zero attached hydrogens (tertiary/aromatic N) is 1. The molecule has 2 fully saturated rings. The largest absolute Gasteiger partial charge is 0.379 e. The SMILES string of the molecule is CC(C)C[C@H](CC(=O)[C@H](CCc1ccccc1)NC(=O)CN1CCOCC1)C(=O)N[C@@H](Cc1ccccc1)C(=O)C[C@@H](CC(C)C)C(=O)C1(C)CO1. The van der Waals surface area contributed by atoms with Crippen molar-refractivity contribution in [3.8, 4) is 0 Å². The lowest BCUT2D eigenvalue weighted by Crippen LogP contribution is -2.49. The van der Waals surface area contributed by atoms with Gasteiger partial charge in [-0.05, 0) is 62.0 Å². The molecule has 284 valence electrons. The fourth-order valence-corrected chi connectivity index (χ4v) is 7.01. The molecule has 2 aromatic rings. The van der Waals surface area contributed by atoms with Crippen molar-refractivity contribution in [1.29, 1.82) is 0 Å². The minimum atomic E-state index is -0.878. The highest BCUT2D eigenvalue weighted by Gasteiger charge is 2.50. The molecule has 1 unspecified atom stereocenters. The Morgan fingerprint density at radius 1 is 0.750 bits per heavy atom. The minimum Gasteiger partial charge on any atom is -0.379 e. The molecule has 0 saturated carbocycles. The third-order valence-corrected chi connectivity index (χ3v) is 9.99. The number of hydrogen-bond donors (Lipinski definition) is 2. The van der Waals surface area contributed by atoms with Crippen LogP contribution in [0.1, 0.15) is 77.8 Å². The molecule has 0 bridgehead atoms. The molecule has 2 aliphatic heterocycles. The van der Waals surface area contributed by atoms with E-state index in [-0.39, 0.29) is 66.8 Å². The number of ether oxygens (including phenoxy) is 2. The topological polar surface area (TPSA) is 134 Å². The van der Waals surface area contributed by atoms with Crippen molar-refractivity contribution in [3.05, 3.63) is 71.8 Å². The number of carbonyl (C=O) groups excluding carboxylic acids is 5. The summed E-state index contributed by atoms with van der Waals surface area (Å²) in [7, 11) is 0. The fraction of sp³-hybridized carbons (Fsp3) is 0.595. The average molecular weight is 718 g/mol. The van der Waals surface area contributed by atoms with Gasteiger partial charge in [0.1, 0.15) is 5.60 Å². The summed E-state index contributed by atoms with van der Waals surface area (Å²) in [6.45, 7) is 12.7. The van der Waals surface area contributed by atoms with E-state index in [0.717, 1.165) is 11.1 Å². The van der Waals surface area contributed by atoms with Crippen molar-refractivity contribution in [2.75, 3.05) is 39.5 Å². The smallest absolute Gasteiger partial charge is 0.234 e. The van der Waals surface area contributed by atoms with Gasteiger partial charge >= 0.3 is 0 Å². The molecule has 52 heavy (non-hydrogen) atoms. The maximum atomic E-state index is 14.2. The van der Waals surface area contributed by atoms with Gasteiger partial charge in [-0.3, -0.25) is 28.9 Å². The zero-order valence-corrected chi connectivity index (χ0v) is 31.7. The highest BCUT2D eigenvalue weighted by atomic mass is 16.6. The summed E-state index contributed by atoms with van der Waals surface area (Å²) in [4.78, 5) is 70.9. The van der Waals surface area contributed by atoms with Crippen molar-refractivity contribution >= 4 is 29.2 Å². The molecule has 0 spiro atoms. The van der Waals surface area contributed by atoms with Crippen molar-refractivity contribution in [3.63, 3.8) is 0 Å². The summed E-state index contributed by atoms with van der Waals surface area (Å²) in [5, 5.41) is 6.02. The first-order valence-corrected chi connectivity index (χ1v) is 19.0. The molecule has 0 radical (unpaired) electrons. The van der Waals surface area contributed by atoms with Crippen LogP contribution in [0.25, 0.3) is 0 Å². The molecular formula is C42H59N3O7. The van der Waals surface area contributed by atoms with Gasteiger partial charge in [0.05, 0.1) is 38.4 Å². The lowest BCUT2D eigenvalue weighted by molar-refractivity contribution is -0.135. The van der Waals surface area contributed by atoms with Crippen molar-refractivity contribution in [2.45, 2.75) is 97.2 Å². The summed E-state index contributed by atoms with van der Waals surface area (Å²) < 4.78 is 10.9. The molecule has 2 N–H and O–H groups in total. The first-order chi connectivity index (χ1) is 24.8. The van der Waals surface area contributed by atoms with Gasteiger partial charge in [0.15, 0.2) is 17.3 Å². The maximum Gasteiger partial charge on any atom is 0.234 e. The normalized spacial score (nSPS) is 19.8. The van der Waals surface area contributed by atoms with Gasteiger partial charge in [0, 0.05) is 37.8 Å². The first-order valence-electron chi connectivity index (χ1n) is 19.0. The Morgan fingerprint density at radius 3 is 1.87 bits per heavy atom. The van der Waals surface area contributed by atoms with Crippen LogP contribution in [-0.4, -0.2) is 91.2 Å². The van der Waals surface area contributed by atoms with Crippen LogP contribution in [-0.2, 0) is 46.3 Å². The quantitative estimate of drug-likeness (QED) is 0.167. The van der Waals surface area contributed by atoms with Crippen LogP contribution in [0.5, 0.6) is 0 Å². The molecular weight excluding hydrogens is 658 g/mol. The van der Waals surface area contributed by atoms with Crippen LogP contribution in [0.4, 0.5) is 0 Å². The second-order valence-electron chi connectivity index (χ2n) is 15.7. The third-order valence-electron chi connectivity index (χ3n) is 9.99. The van der Waals surface area contributed by atoms with Gasteiger partial charge in [-0.1, -0.05) is 88.4 Å². The number of rotatable bonds is 22.